The molecule has 0 atom stereocenters. The lowest BCUT2D eigenvalue weighted by Crippen LogP contribution is -2.05. The van der Waals surface area contributed by atoms with E-state index in [-0.39, 0.29) is 5.97 Å². The molecule has 15 heavy (non-hydrogen) atoms. The molecule has 0 unspecified atom stereocenters. The zero-order valence-electron chi connectivity index (χ0n) is 8.61. The molecule has 0 aliphatic carbocycles. The van der Waals surface area contributed by atoms with Crippen molar-refractivity contribution in [1.29, 1.82) is 0 Å². The number of esters is 1. The second-order valence-electron chi connectivity index (χ2n) is 3.11. The molecule has 0 aliphatic heterocycles. The summed E-state index contributed by atoms with van der Waals surface area (Å²) in [7, 11) is 0. The predicted octanol–water partition coefficient (Wildman–Crippen LogP) is 2.31. The Labute approximate surface area is 86.9 Å². The zero-order chi connectivity index (χ0) is 10.8. The minimum absolute atomic E-state index is 0.353. The summed E-state index contributed by atoms with van der Waals surface area (Å²) in [6.45, 7) is 3.87. The first-order valence-electron chi connectivity index (χ1n) is 4.75. The Balaban J connectivity index is 2.55. The van der Waals surface area contributed by atoms with Crippen molar-refractivity contribution in [2.24, 2.45) is 0 Å². The average Bonchev–Trinajstić information content (AvgIpc) is 2.57. The number of carbonyl (C=O) groups excluding carboxylic acids is 1. The van der Waals surface area contributed by atoms with E-state index in [4.69, 9.17) is 9.15 Å². The fourth-order valence-electron chi connectivity index (χ4n) is 1.43. The molecule has 0 spiro atoms. The van der Waals surface area contributed by atoms with Crippen LogP contribution in [0.4, 0.5) is 0 Å². The standard InChI is InChI=1S/C11H11NO3/c1-3-14-11(13)8-5-4-6-9-10(8)12-7(2)15-9/h4-6H,3H2,1-2H3. The maximum Gasteiger partial charge on any atom is 0.340 e. The molecule has 1 heterocycles. The van der Waals surface area contributed by atoms with Gasteiger partial charge in [0.2, 0.25) is 0 Å². The molecule has 1 aromatic carbocycles. The van der Waals surface area contributed by atoms with Crippen molar-refractivity contribution >= 4 is 17.1 Å². The van der Waals surface area contributed by atoms with E-state index >= 15 is 0 Å². The number of fused-ring (bicyclic) bond motifs is 1. The summed E-state index contributed by atoms with van der Waals surface area (Å²) in [4.78, 5) is 15.7. The number of aromatic nitrogens is 1. The summed E-state index contributed by atoms with van der Waals surface area (Å²) in [6, 6.07) is 5.21. The van der Waals surface area contributed by atoms with E-state index in [0.29, 0.717) is 29.2 Å². The number of para-hydroxylation sites is 1. The summed E-state index contributed by atoms with van der Waals surface area (Å²) < 4.78 is 10.2. The second kappa shape index (κ2) is 3.73. The number of hydrogen-bond acceptors (Lipinski definition) is 4. The molecule has 4 heteroatoms. The lowest BCUT2D eigenvalue weighted by molar-refractivity contribution is 0.0528. The molecule has 0 amide bonds. The van der Waals surface area contributed by atoms with Gasteiger partial charge in [-0.15, -0.1) is 0 Å². The number of rotatable bonds is 2. The summed E-state index contributed by atoms with van der Waals surface area (Å²) in [5, 5.41) is 0. The number of ether oxygens (including phenoxy) is 1. The van der Waals surface area contributed by atoms with Crippen LogP contribution in [0.3, 0.4) is 0 Å². The number of nitrogens with zero attached hydrogens (tertiary/aromatic N) is 1. The van der Waals surface area contributed by atoms with Crippen molar-refractivity contribution in [3.05, 3.63) is 29.7 Å². The van der Waals surface area contributed by atoms with Crippen LogP contribution in [-0.4, -0.2) is 17.6 Å². The molecule has 0 radical (unpaired) electrons. The van der Waals surface area contributed by atoms with Gasteiger partial charge in [-0.25, -0.2) is 9.78 Å². The van der Waals surface area contributed by atoms with Crippen LogP contribution in [0.15, 0.2) is 22.6 Å². The molecule has 0 fully saturated rings. The van der Waals surface area contributed by atoms with Crippen molar-refractivity contribution in [1.82, 2.24) is 4.98 Å². The number of carbonyl (C=O) groups is 1. The number of benzene rings is 1. The third-order valence-corrected chi connectivity index (χ3v) is 2.02. The second-order valence-corrected chi connectivity index (χ2v) is 3.11. The van der Waals surface area contributed by atoms with Crippen LogP contribution in [0.1, 0.15) is 23.2 Å². The largest absolute Gasteiger partial charge is 0.462 e. The third-order valence-electron chi connectivity index (χ3n) is 2.02. The summed E-state index contributed by atoms with van der Waals surface area (Å²) in [6.07, 6.45) is 0. The van der Waals surface area contributed by atoms with E-state index in [0.717, 1.165) is 0 Å². The van der Waals surface area contributed by atoms with Crippen LogP contribution < -0.4 is 0 Å². The zero-order valence-corrected chi connectivity index (χ0v) is 8.61. The summed E-state index contributed by atoms with van der Waals surface area (Å²) >= 11 is 0. The van der Waals surface area contributed by atoms with Crippen LogP contribution in [0.2, 0.25) is 0 Å². The molecule has 0 N–H and O–H groups in total. The molecule has 4 nitrogen and oxygen atoms in total. The van der Waals surface area contributed by atoms with E-state index in [1.807, 2.05) is 0 Å². The first-order valence-corrected chi connectivity index (χ1v) is 4.75. The van der Waals surface area contributed by atoms with Crippen LogP contribution in [0, 0.1) is 6.92 Å². The SMILES string of the molecule is CCOC(=O)c1cccc2oc(C)nc12. The quantitative estimate of drug-likeness (QED) is 0.706. The van der Waals surface area contributed by atoms with E-state index in [9.17, 15) is 4.79 Å². The molecular formula is C11H11NO3. The molecule has 0 aliphatic rings. The lowest BCUT2D eigenvalue weighted by atomic mass is 10.2. The van der Waals surface area contributed by atoms with E-state index in [1.54, 1.807) is 32.0 Å². The van der Waals surface area contributed by atoms with Gasteiger partial charge >= 0.3 is 5.97 Å². The van der Waals surface area contributed by atoms with Gasteiger partial charge in [-0.2, -0.15) is 0 Å². The van der Waals surface area contributed by atoms with Gasteiger partial charge in [0.05, 0.1) is 12.2 Å². The average molecular weight is 205 g/mol. The molecule has 1 aromatic heterocycles. The lowest BCUT2D eigenvalue weighted by Gasteiger charge is -2.00. The van der Waals surface area contributed by atoms with Crippen LogP contribution in [-0.2, 0) is 4.74 Å². The monoisotopic (exact) mass is 205 g/mol. The highest BCUT2D eigenvalue weighted by molar-refractivity contribution is 6.01. The van der Waals surface area contributed by atoms with Crippen molar-refractivity contribution < 1.29 is 13.9 Å². The number of oxazole rings is 1. The van der Waals surface area contributed by atoms with Crippen molar-refractivity contribution in [3.8, 4) is 0 Å². The first kappa shape index (κ1) is 9.71. The molecule has 78 valence electrons. The Hall–Kier alpha value is -1.84. The predicted molar refractivity (Wildman–Crippen MR) is 54.7 cm³/mol. The highest BCUT2D eigenvalue weighted by Gasteiger charge is 2.14. The van der Waals surface area contributed by atoms with Crippen LogP contribution in [0.25, 0.3) is 11.1 Å². The Kier molecular flexibility index (Phi) is 2.41. The van der Waals surface area contributed by atoms with E-state index < -0.39 is 0 Å². The Morgan fingerprint density at radius 3 is 3.07 bits per heavy atom. The molecule has 0 saturated heterocycles. The van der Waals surface area contributed by atoms with Gasteiger partial charge in [-0.05, 0) is 19.1 Å². The summed E-state index contributed by atoms with van der Waals surface area (Å²) in [5.41, 5.74) is 1.62. The molecule has 2 aromatic rings. The first-order chi connectivity index (χ1) is 7.22. The fourth-order valence-corrected chi connectivity index (χ4v) is 1.43. The molecule has 0 saturated carbocycles. The van der Waals surface area contributed by atoms with Gasteiger partial charge in [-0.1, -0.05) is 6.07 Å². The van der Waals surface area contributed by atoms with Gasteiger partial charge in [0.15, 0.2) is 11.5 Å². The maximum absolute atomic E-state index is 11.6. The van der Waals surface area contributed by atoms with Crippen molar-refractivity contribution in [2.45, 2.75) is 13.8 Å². The van der Waals surface area contributed by atoms with Gasteiger partial charge in [0, 0.05) is 6.92 Å². The van der Waals surface area contributed by atoms with Crippen molar-refractivity contribution in [2.75, 3.05) is 6.61 Å². The van der Waals surface area contributed by atoms with Gasteiger partial charge < -0.3 is 9.15 Å². The smallest absolute Gasteiger partial charge is 0.340 e. The summed E-state index contributed by atoms with van der Waals surface area (Å²) in [5.74, 6) is 0.179. The van der Waals surface area contributed by atoms with E-state index in [1.165, 1.54) is 0 Å². The fraction of sp³-hybridized carbons (Fsp3) is 0.273. The Morgan fingerprint density at radius 2 is 2.33 bits per heavy atom. The van der Waals surface area contributed by atoms with Gasteiger partial charge in [0.1, 0.15) is 5.52 Å². The topological polar surface area (TPSA) is 52.3 Å². The Morgan fingerprint density at radius 1 is 1.53 bits per heavy atom. The highest BCUT2D eigenvalue weighted by atomic mass is 16.5. The normalized spacial score (nSPS) is 10.5. The molecular weight excluding hydrogens is 194 g/mol. The van der Waals surface area contributed by atoms with Gasteiger partial charge in [-0.3, -0.25) is 0 Å². The van der Waals surface area contributed by atoms with E-state index in [2.05, 4.69) is 4.98 Å². The minimum Gasteiger partial charge on any atom is -0.462 e. The minimum atomic E-state index is -0.364. The molecule has 0 bridgehead atoms. The highest BCUT2D eigenvalue weighted by Crippen LogP contribution is 2.19. The third kappa shape index (κ3) is 1.70. The molecule has 2 rings (SSSR count). The maximum atomic E-state index is 11.6. The number of hydrogen-bond donors (Lipinski definition) is 0. The van der Waals surface area contributed by atoms with Crippen LogP contribution >= 0.6 is 0 Å². The van der Waals surface area contributed by atoms with Crippen molar-refractivity contribution in [3.63, 3.8) is 0 Å². The van der Waals surface area contributed by atoms with Crippen LogP contribution in [0.5, 0.6) is 0 Å². The number of aryl methyl sites for hydroxylation is 1. The Bertz CT molecular complexity index is 502. The van der Waals surface area contributed by atoms with Gasteiger partial charge in [0.25, 0.3) is 0 Å².